The molecule has 0 fully saturated rings. The Balaban J connectivity index is 1.65. The number of phenols is 1. The molecule has 0 unspecified atom stereocenters. The van der Waals surface area contributed by atoms with Gasteiger partial charge in [0.25, 0.3) is 0 Å². The molecule has 0 atom stereocenters. The van der Waals surface area contributed by atoms with Gasteiger partial charge >= 0.3 is 0 Å². The third-order valence-corrected chi connectivity index (χ3v) is 8.29. The summed E-state index contributed by atoms with van der Waals surface area (Å²) in [6.07, 6.45) is 2.97. The lowest BCUT2D eigenvalue weighted by molar-refractivity contribution is 0.103. The number of carbonyl (C=O) groups excluding carboxylic acids is 1. The molecular formula is C31H32N4O5S. The van der Waals surface area contributed by atoms with Crippen LogP contribution in [0.1, 0.15) is 38.3 Å². The van der Waals surface area contributed by atoms with Crippen molar-refractivity contribution >= 4 is 32.3 Å². The summed E-state index contributed by atoms with van der Waals surface area (Å²) in [5.74, 6) is 0.655. The van der Waals surface area contributed by atoms with E-state index in [-0.39, 0.29) is 28.7 Å². The number of nitrogens with zero attached hydrogens (tertiary/aromatic N) is 3. The van der Waals surface area contributed by atoms with Crippen molar-refractivity contribution in [3.05, 3.63) is 100 Å². The van der Waals surface area contributed by atoms with E-state index in [1.54, 1.807) is 26.2 Å². The summed E-state index contributed by atoms with van der Waals surface area (Å²) in [6.45, 7) is 4.02. The lowest BCUT2D eigenvalue weighted by atomic mass is 10.1. The number of nitrogens with two attached hydrogens (primary N) is 1. The van der Waals surface area contributed by atoms with Gasteiger partial charge in [0.2, 0.25) is 5.78 Å². The number of ether oxygens (including phenoxy) is 1. The maximum Gasteiger partial charge on any atom is 0.214 e. The van der Waals surface area contributed by atoms with Crippen LogP contribution in [-0.4, -0.2) is 52.8 Å². The number of hydrogen-bond acceptors (Lipinski definition) is 7. The first kappa shape index (κ1) is 28.0. The molecule has 2 aromatic heterocycles. The molecule has 0 aliphatic heterocycles. The van der Waals surface area contributed by atoms with E-state index in [0.29, 0.717) is 35.7 Å². The van der Waals surface area contributed by atoms with Gasteiger partial charge in [-0.15, -0.1) is 0 Å². The van der Waals surface area contributed by atoms with Crippen molar-refractivity contribution in [2.45, 2.75) is 26.8 Å². The Morgan fingerprint density at radius 1 is 1.07 bits per heavy atom. The summed E-state index contributed by atoms with van der Waals surface area (Å²) in [7, 11) is -1.60. The Labute approximate surface area is 238 Å². The number of aromatic nitrogens is 3. The van der Waals surface area contributed by atoms with Crippen LogP contribution in [0.25, 0.3) is 16.6 Å². The van der Waals surface area contributed by atoms with Crippen LogP contribution < -0.4 is 10.5 Å². The number of sulfone groups is 1. The van der Waals surface area contributed by atoms with E-state index in [4.69, 9.17) is 10.5 Å². The molecule has 41 heavy (non-hydrogen) atoms. The van der Waals surface area contributed by atoms with Crippen LogP contribution >= 0.6 is 0 Å². The van der Waals surface area contributed by atoms with Gasteiger partial charge in [-0.25, -0.2) is 13.1 Å². The van der Waals surface area contributed by atoms with Crippen LogP contribution in [0.4, 0.5) is 5.82 Å². The van der Waals surface area contributed by atoms with E-state index < -0.39 is 9.84 Å². The molecule has 10 heteroatoms. The average Bonchev–Trinajstić information content (AvgIpc) is 3.50. The minimum atomic E-state index is -3.20. The van der Waals surface area contributed by atoms with E-state index in [0.717, 1.165) is 27.6 Å². The Kier molecular flexibility index (Phi) is 7.35. The molecule has 0 bridgehead atoms. The zero-order valence-corrected chi connectivity index (χ0v) is 24.2. The normalized spacial score (nSPS) is 11.7. The van der Waals surface area contributed by atoms with Crippen molar-refractivity contribution in [1.82, 2.24) is 14.3 Å². The molecule has 0 saturated heterocycles. The topological polar surface area (TPSA) is 129 Å². The molecule has 3 N–H and O–H groups in total. The molecule has 5 rings (SSSR count). The van der Waals surface area contributed by atoms with Crippen molar-refractivity contribution < 1.29 is 23.1 Å². The fourth-order valence-electron chi connectivity index (χ4n) is 5.17. The number of fused-ring (bicyclic) bond motifs is 1. The molecule has 0 saturated carbocycles. The third kappa shape index (κ3) is 5.43. The third-order valence-electron chi connectivity index (χ3n) is 7.35. The highest BCUT2D eigenvalue weighted by Gasteiger charge is 2.25. The molecular weight excluding hydrogens is 540 g/mol. The van der Waals surface area contributed by atoms with Crippen LogP contribution in [-0.2, 0) is 22.8 Å². The largest absolute Gasteiger partial charge is 0.508 e. The first-order valence-electron chi connectivity index (χ1n) is 13.1. The summed E-state index contributed by atoms with van der Waals surface area (Å²) < 4.78 is 32.7. The van der Waals surface area contributed by atoms with Crippen LogP contribution in [0.3, 0.4) is 0 Å². The first-order valence-corrected chi connectivity index (χ1v) is 15.1. The molecule has 212 valence electrons. The van der Waals surface area contributed by atoms with Gasteiger partial charge in [0.05, 0.1) is 41.5 Å². The number of carbonyl (C=O) groups is 1. The Morgan fingerprint density at radius 3 is 2.49 bits per heavy atom. The van der Waals surface area contributed by atoms with Gasteiger partial charge < -0.3 is 20.1 Å². The van der Waals surface area contributed by atoms with Gasteiger partial charge in [-0.05, 0) is 61.2 Å². The average molecular weight is 573 g/mol. The SMILES string of the molecule is COc1ccc(Cn2c(C(=O)c3cnn(-c4c(C)ccc(O)c4C)c3N)cc3cccc(CCS(C)(=O)=O)c32)cc1. The van der Waals surface area contributed by atoms with E-state index in [2.05, 4.69) is 5.10 Å². The maximum atomic E-state index is 14.1. The number of benzene rings is 3. The number of para-hydroxylation sites is 1. The predicted octanol–water partition coefficient (Wildman–Crippen LogP) is 4.61. The van der Waals surface area contributed by atoms with Gasteiger partial charge in [0.1, 0.15) is 27.2 Å². The number of phenolic OH excluding ortho intramolecular Hbond substituents is 1. The van der Waals surface area contributed by atoms with Crippen LogP contribution in [0.15, 0.2) is 66.9 Å². The zero-order valence-electron chi connectivity index (χ0n) is 23.4. The quantitative estimate of drug-likeness (QED) is 0.247. The molecule has 0 spiro atoms. The molecule has 0 radical (unpaired) electrons. The molecule has 3 aromatic carbocycles. The minimum Gasteiger partial charge on any atom is -0.508 e. The van der Waals surface area contributed by atoms with E-state index >= 15 is 0 Å². The second kappa shape index (κ2) is 10.8. The Morgan fingerprint density at radius 2 is 1.80 bits per heavy atom. The van der Waals surface area contributed by atoms with E-state index in [1.807, 2.05) is 60.0 Å². The van der Waals surface area contributed by atoms with Crippen molar-refractivity contribution in [3.8, 4) is 17.2 Å². The minimum absolute atomic E-state index is 0.00848. The van der Waals surface area contributed by atoms with E-state index in [1.165, 1.54) is 17.1 Å². The van der Waals surface area contributed by atoms with Gasteiger partial charge in [-0.3, -0.25) is 4.79 Å². The zero-order chi connectivity index (χ0) is 29.5. The van der Waals surface area contributed by atoms with Gasteiger partial charge in [-0.2, -0.15) is 5.10 Å². The molecule has 0 aliphatic carbocycles. The summed E-state index contributed by atoms with van der Waals surface area (Å²) >= 11 is 0. The highest BCUT2D eigenvalue weighted by molar-refractivity contribution is 7.90. The Bertz CT molecular complexity index is 1890. The van der Waals surface area contributed by atoms with Crippen molar-refractivity contribution in [1.29, 1.82) is 0 Å². The fraction of sp³-hybridized carbons (Fsp3) is 0.226. The van der Waals surface area contributed by atoms with Crippen molar-refractivity contribution in [2.75, 3.05) is 24.9 Å². The standard InChI is InChI=1S/C31H32N4O5S/c1-19-8-13-27(36)20(2)28(19)35-31(32)25(17-33-35)30(37)26-16-23-7-5-6-22(14-15-41(4,38)39)29(23)34(26)18-21-9-11-24(40-3)12-10-21/h5-13,16-17,36H,14-15,18,32H2,1-4H3. The lowest BCUT2D eigenvalue weighted by Gasteiger charge is -2.14. The lowest BCUT2D eigenvalue weighted by Crippen LogP contribution is -2.14. The highest BCUT2D eigenvalue weighted by Crippen LogP contribution is 2.32. The fourth-order valence-corrected chi connectivity index (χ4v) is 5.76. The van der Waals surface area contributed by atoms with Gasteiger partial charge in [0.15, 0.2) is 0 Å². The highest BCUT2D eigenvalue weighted by atomic mass is 32.2. The number of methoxy groups -OCH3 is 1. The van der Waals surface area contributed by atoms with Crippen LogP contribution in [0.5, 0.6) is 11.5 Å². The number of nitrogen functional groups attached to an aromatic ring is 1. The number of aryl methyl sites for hydroxylation is 2. The van der Waals surface area contributed by atoms with Gasteiger partial charge in [-0.1, -0.05) is 36.4 Å². The first-order chi connectivity index (χ1) is 19.5. The Hall–Kier alpha value is -4.57. The molecule has 2 heterocycles. The summed E-state index contributed by atoms with van der Waals surface area (Å²) in [4.78, 5) is 14.1. The number of aromatic hydroxyl groups is 1. The summed E-state index contributed by atoms with van der Waals surface area (Å²) in [5, 5.41) is 15.5. The number of rotatable bonds is 9. The smallest absolute Gasteiger partial charge is 0.214 e. The predicted molar refractivity (Wildman–Crippen MR) is 160 cm³/mol. The number of hydrogen-bond donors (Lipinski definition) is 2. The summed E-state index contributed by atoms with van der Waals surface area (Å²) in [6, 6.07) is 18.4. The van der Waals surface area contributed by atoms with Crippen molar-refractivity contribution in [2.24, 2.45) is 0 Å². The molecule has 9 nitrogen and oxygen atoms in total. The molecule has 0 amide bonds. The number of anilines is 1. The van der Waals surface area contributed by atoms with E-state index in [9.17, 15) is 18.3 Å². The maximum absolute atomic E-state index is 14.1. The summed E-state index contributed by atoms with van der Waals surface area (Å²) in [5.41, 5.74) is 11.8. The van der Waals surface area contributed by atoms with Crippen LogP contribution in [0.2, 0.25) is 0 Å². The van der Waals surface area contributed by atoms with Crippen molar-refractivity contribution in [3.63, 3.8) is 0 Å². The second-order valence-corrected chi connectivity index (χ2v) is 12.5. The van der Waals surface area contributed by atoms with Gasteiger partial charge in [0, 0.05) is 23.8 Å². The number of ketones is 1. The van der Waals surface area contributed by atoms with Crippen LogP contribution in [0, 0.1) is 13.8 Å². The molecule has 0 aliphatic rings. The second-order valence-electron chi connectivity index (χ2n) is 10.3. The molecule has 5 aromatic rings. The monoisotopic (exact) mass is 572 g/mol.